The first kappa shape index (κ1) is 17.7. The highest BCUT2D eigenvalue weighted by atomic mass is 35.5. The number of likely N-dealkylation sites (tertiary alicyclic amines) is 1. The topological polar surface area (TPSA) is 75.8 Å². The number of rotatable bonds is 4. The van der Waals surface area contributed by atoms with Crippen molar-refractivity contribution in [3.8, 4) is 0 Å². The van der Waals surface area contributed by atoms with Gasteiger partial charge < -0.3 is 20.5 Å². The van der Waals surface area contributed by atoms with Gasteiger partial charge in [0.1, 0.15) is 0 Å². The van der Waals surface area contributed by atoms with Crippen molar-refractivity contribution in [2.75, 3.05) is 19.7 Å². The molecule has 1 aliphatic carbocycles. The van der Waals surface area contributed by atoms with Crippen LogP contribution in [0.2, 0.25) is 0 Å². The zero-order valence-corrected chi connectivity index (χ0v) is 13.2. The summed E-state index contributed by atoms with van der Waals surface area (Å²) in [5.41, 5.74) is 5.56. The summed E-state index contributed by atoms with van der Waals surface area (Å²) in [6.45, 7) is 5.95. The summed E-state index contributed by atoms with van der Waals surface area (Å²) in [5.74, 6) is 0.131. The minimum absolute atomic E-state index is 0. The van der Waals surface area contributed by atoms with Crippen molar-refractivity contribution < 1.29 is 14.6 Å². The van der Waals surface area contributed by atoms with E-state index >= 15 is 0 Å². The van der Waals surface area contributed by atoms with Crippen LogP contribution >= 0.6 is 12.4 Å². The molecule has 2 rings (SSSR count). The lowest BCUT2D eigenvalue weighted by molar-refractivity contribution is -0.210. The monoisotopic (exact) mass is 306 g/mol. The first-order valence-corrected chi connectivity index (χ1v) is 7.32. The number of nitrogens with two attached hydrogens (primary N) is 1. The van der Waals surface area contributed by atoms with Crippen LogP contribution in [0.4, 0.5) is 0 Å². The maximum absolute atomic E-state index is 12.0. The summed E-state index contributed by atoms with van der Waals surface area (Å²) in [7, 11) is 0. The van der Waals surface area contributed by atoms with Gasteiger partial charge in [0.2, 0.25) is 5.91 Å². The second kappa shape index (κ2) is 7.07. The summed E-state index contributed by atoms with van der Waals surface area (Å²) < 4.78 is 5.72. The van der Waals surface area contributed by atoms with E-state index in [2.05, 4.69) is 0 Å². The molecule has 0 aromatic heterocycles. The van der Waals surface area contributed by atoms with E-state index in [9.17, 15) is 9.90 Å². The van der Waals surface area contributed by atoms with Crippen molar-refractivity contribution in [2.45, 2.75) is 57.8 Å². The van der Waals surface area contributed by atoms with E-state index in [1.807, 2.05) is 18.7 Å². The molecule has 1 aliphatic heterocycles. The molecule has 1 amide bonds. The zero-order valence-electron chi connectivity index (χ0n) is 12.4. The Hall–Kier alpha value is -0.360. The zero-order chi connectivity index (χ0) is 14.0. The van der Waals surface area contributed by atoms with Crippen molar-refractivity contribution in [1.29, 1.82) is 0 Å². The van der Waals surface area contributed by atoms with E-state index in [4.69, 9.17) is 10.5 Å². The first-order valence-electron chi connectivity index (χ1n) is 7.32. The van der Waals surface area contributed by atoms with Crippen LogP contribution in [0.5, 0.6) is 0 Å². The van der Waals surface area contributed by atoms with Crippen molar-refractivity contribution in [3.05, 3.63) is 0 Å². The minimum atomic E-state index is -0.269. The van der Waals surface area contributed by atoms with Gasteiger partial charge in [-0.05, 0) is 26.7 Å². The molecule has 5 nitrogen and oxygen atoms in total. The number of piperidine rings is 1. The molecule has 0 aromatic rings. The largest absolute Gasteiger partial charge is 0.392 e. The molecule has 0 bridgehead atoms. The fourth-order valence-electron chi connectivity index (χ4n) is 3.39. The average molecular weight is 307 g/mol. The first-order chi connectivity index (χ1) is 8.99. The summed E-state index contributed by atoms with van der Waals surface area (Å²) in [6.07, 6.45) is 2.71. The van der Waals surface area contributed by atoms with Crippen molar-refractivity contribution in [2.24, 2.45) is 11.1 Å². The molecule has 2 aliphatic rings. The summed E-state index contributed by atoms with van der Waals surface area (Å²) in [5, 5.41) is 10.1. The predicted octanol–water partition coefficient (Wildman–Crippen LogP) is 0.924. The molecule has 1 saturated carbocycles. The van der Waals surface area contributed by atoms with Crippen LogP contribution in [0, 0.1) is 5.41 Å². The van der Waals surface area contributed by atoms with E-state index in [0.717, 1.165) is 19.3 Å². The van der Waals surface area contributed by atoms with Gasteiger partial charge in [0, 0.05) is 44.0 Å². The van der Waals surface area contributed by atoms with E-state index in [-0.39, 0.29) is 42.0 Å². The summed E-state index contributed by atoms with van der Waals surface area (Å²) in [4.78, 5) is 13.8. The van der Waals surface area contributed by atoms with Crippen LogP contribution in [0.15, 0.2) is 0 Å². The second-order valence-electron chi connectivity index (χ2n) is 5.99. The number of carbonyl (C=O) groups excluding carboxylic acids is 1. The number of hydrogen-bond acceptors (Lipinski definition) is 4. The smallest absolute Gasteiger partial charge is 0.224 e. The van der Waals surface area contributed by atoms with Crippen LogP contribution in [-0.2, 0) is 9.53 Å². The number of nitrogens with zero attached hydrogens (tertiary/aromatic N) is 1. The Morgan fingerprint density at radius 3 is 2.55 bits per heavy atom. The lowest BCUT2D eigenvalue weighted by Gasteiger charge is -2.56. The molecule has 2 fully saturated rings. The predicted molar refractivity (Wildman–Crippen MR) is 79.8 cm³/mol. The van der Waals surface area contributed by atoms with Gasteiger partial charge in [-0.15, -0.1) is 12.4 Å². The summed E-state index contributed by atoms with van der Waals surface area (Å²) in [6, 6.07) is -0.0890. The standard InChI is InChI=1S/C14H26N2O3.ClH/c1-3-19-12-9-11(17)14(12)4-6-16(7-5-14)13(18)8-10(2)15;/h10-12,17H,3-9,15H2,1-2H3;1H. The van der Waals surface area contributed by atoms with Crippen LogP contribution in [0.3, 0.4) is 0 Å². The van der Waals surface area contributed by atoms with E-state index in [0.29, 0.717) is 26.1 Å². The summed E-state index contributed by atoms with van der Waals surface area (Å²) >= 11 is 0. The second-order valence-corrected chi connectivity index (χ2v) is 5.99. The quantitative estimate of drug-likeness (QED) is 0.810. The third kappa shape index (κ3) is 3.27. The molecule has 3 atom stereocenters. The normalized spacial score (nSPS) is 29.5. The third-order valence-electron chi connectivity index (χ3n) is 4.65. The van der Waals surface area contributed by atoms with Crippen molar-refractivity contribution in [1.82, 2.24) is 4.90 Å². The van der Waals surface area contributed by atoms with Crippen molar-refractivity contribution >= 4 is 18.3 Å². The Labute approximate surface area is 127 Å². The highest BCUT2D eigenvalue weighted by Gasteiger charge is 2.56. The van der Waals surface area contributed by atoms with Gasteiger partial charge in [-0.3, -0.25) is 4.79 Å². The van der Waals surface area contributed by atoms with Gasteiger partial charge in [-0.25, -0.2) is 0 Å². The average Bonchev–Trinajstić information content (AvgIpc) is 2.38. The Kier molecular flexibility index (Phi) is 6.25. The van der Waals surface area contributed by atoms with Gasteiger partial charge in [0.25, 0.3) is 0 Å². The molecule has 20 heavy (non-hydrogen) atoms. The molecule has 3 unspecified atom stereocenters. The van der Waals surface area contributed by atoms with Crippen LogP contribution in [-0.4, -0.2) is 53.9 Å². The molecular formula is C14H27ClN2O3. The van der Waals surface area contributed by atoms with Crippen LogP contribution < -0.4 is 5.73 Å². The number of aliphatic hydroxyl groups is 1. The maximum atomic E-state index is 12.0. The fourth-order valence-corrected chi connectivity index (χ4v) is 3.39. The van der Waals surface area contributed by atoms with E-state index < -0.39 is 0 Å². The maximum Gasteiger partial charge on any atom is 0.224 e. The van der Waals surface area contributed by atoms with Gasteiger partial charge >= 0.3 is 0 Å². The molecule has 1 saturated heterocycles. The molecule has 3 N–H and O–H groups in total. The lowest BCUT2D eigenvalue weighted by atomic mass is 9.58. The molecule has 118 valence electrons. The number of hydrogen-bond donors (Lipinski definition) is 2. The van der Waals surface area contributed by atoms with Gasteiger partial charge in [-0.1, -0.05) is 0 Å². The molecular weight excluding hydrogens is 280 g/mol. The number of aliphatic hydroxyl groups excluding tert-OH is 1. The Morgan fingerprint density at radius 1 is 1.50 bits per heavy atom. The van der Waals surface area contributed by atoms with Crippen LogP contribution in [0.25, 0.3) is 0 Å². The van der Waals surface area contributed by atoms with Crippen molar-refractivity contribution in [3.63, 3.8) is 0 Å². The van der Waals surface area contributed by atoms with Crippen LogP contribution in [0.1, 0.15) is 39.5 Å². The Balaban J connectivity index is 0.00000200. The fraction of sp³-hybridized carbons (Fsp3) is 0.929. The van der Waals surface area contributed by atoms with E-state index in [1.165, 1.54) is 0 Å². The lowest BCUT2D eigenvalue weighted by Crippen LogP contribution is -2.62. The van der Waals surface area contributed by atoms with Gasteiger partial charge in [0.05, 0.1) is 12.2 Å². The third-order valence-corrected chi connectivity index (χ3v) is 4.65. The molecule has 6 heteroatoms. The number of ether oxygens (including phenoxy) is 1. The van der Waals surface area contributed by atoms with E-state index in [1.54, 1.807) is 0 Å². The number of carbonyl (C=O) groups is 1. The highest BCUT2D eigenvalue weighted by Crippen LogP contribution is 2.50. The van der Waals surface area contributed by atoms with Gasteiger partial charge in [0.15, 0.2) is 0 Å². The molecule has 0 radical (unpaired) electrons. The minimum Gasteiger partial charge on any atom is -0.392 e. The molecule has 1 spiro atoms. The molecule has 0 aromatic carbocycles. The van der Waals surface area contributed by atoms with Gasteiger partial charge in [-0.2, -0.15) is 0 Å². The highest BCUT2D eigenvalue weighted by molar-refractivity contribution is 5.85. The SMILES string of the molecule is CCOC1CC(O)C12CCN(C(=O)CC(C)N)CC2.Cl. The number of amides is 1. The Morgan fingerprint density at radius 2 is 2.10 bits per heavy atom. The molecule has 1 heterocycles. The number of halogens is 1. The Bertz CT molecular complexity index is 328.